The standard InChI is InChI=1S/C23H26N6OS/c1-15-7-6-8-16(2)21(15)24-20(30)14-31-23-26-25-22-19-13-18(17-9-4-3-5-10-17)27-29(19)12-11-28(22)23/h3-12,18-19,22,25,27H,13-14H2,1-2H3,(H,24,30). The van der Waals surface area contributed by atoms with Crippen LogP contribution in [0.1, 0.15) is 29.2 Å². The van der Waals surface area contributed by atoms with Crippen molar-refractivity contribution in [3.8, 4) is 0 Å². The maximum atomic E-state index is 12.6. The first-order chi connectivity index (χ1) is 15.1. The van der Waals surface area contributed by atoms with Gasteiger partial charge in [0.2, 0.25) is 5.91 Å². The highest BCUT2D eigenvalue weighted by Crippen LogP contribution is 2.35. The number of amides is 1. The van der Waals surface area contributed by atoms with Crippen LogP contribution in [-0.4, -0.2) is 38.9 Å². The molecule has 5 rings (SSSR count). The molecule has 31 heavy (non-hydrogen) atoms. The van der Waals surface area contributed by atoms with Crippen molar-refractivity contribution < 1.29 is 4.79 Å². The summed E-state index contributed by atoms with van der Waals surface area (Å²) in [5.74, 6) is 0.285. The Morgan fingerprint density at radius 1 is 1.13 bits per heavy atom. The fourth-order valence-corrected chi connectivity index (χ4v) is 5.14. The van der Waals surface area contributed by atoms with Crippen molar-refractivity contribution in [2.75, 3.05) is 11.1 Å². The zero-order valence-electron chi connectivity index (χ0n) is 17.6. The third kappa shape index (κ3) is 3.88. The van der Waals surface area contributed by atoms with Crippen LogP contribution in [-0.2, 0) is 4.79 Å². The van der Waals surface area contributed by atoms with Crippen LogP contribution in [0.2, 0.25) is 0 Å². The second-order valence-electron chi connectivity index (χ2n) is 8.08. The van der Waals surface area contributed by atoms with Gasteiger partial charge in [-0.3, -0.25) is 10.2 Å². The molecule has 2 aromatic rings. The molecule has 0 spiro atoms. The third-order valence-electron chi connectivity index (χ3n) is 5.98. The maximum Gasteiger partial charge on any atom is 0.234 e. The number of hydrogen-bond donors (Lipinski definition) is 3. The number of hydrogen-bond acceptors (Lipinski definition) is 7. The summed E-state index contributed by atoms with van der Waals surface area (Å²) in [5, 5.41) is 10.6. The highest BCUT2D eigenvalue weighted by atomic mass is 32.2. The lowest BCUT2D eigenvalue weighted by Gasteiger charge is -2.36. The highest BCUT2D eigenvalue weighted by Gasteiger charge is 2.44. The van der Waals surface area contributed by atoms with E-state index < -0.39 is 0 Å². The first-order valence-corrected chi connectivity index (χ1v) is 11.5. The Morgan fingerprint density at radius 3 is 2.68 bits per heavy atom. The van der Waals surface area contributed by atoms with E-state index in [1.807, 2.05) is 44.3 Å². The lowest BCUT2D eigenvalue weighted by Crippen LogP contribution is -2.54. The van der Waals surface area contributed by atoms with Crippen LogP contribution in [0.4, 0.5) is 5.69 Å². The van der Waals surface area contributed by atoms with Crippen molar-refractivity contribution in [3.63, 3.8) is 0 Å². The van der Waals surface area contributed by atoms with Gasteiger partial charge in [0.15, 0.2) is 5.17 Å². The van der Waals surface area contributed by atoms with Crippen LogP contribution >= 0.6 is 11.8 Å². The van der Waals surface area contributed by atoms with Gasteiger partial charge in [-0.05, 0) is 37.0 Å². The summed E-state index contributed by atoms with van der Waals surface area (Å²) in [4.78, 5) is 14.7. The van der Waals surface area contributed by atoms with Crippen molar-refractivity contribution in [1.82, 2.24) is 20.8 Å². The Bertz CT molecular complexity index is 1020. The third-order valence-corrected chi connectivity index (χ3v) is 6.95. The number of aryl methyl sites for hydroxylation is 2. The average molecular weight is 435 g/mol. The van der Waals surface area contributed by atoms with Crippen LogP contribution in [0, 0.1) is 13.8 Å². The smallest absolute Gasteiger partial charge is 0.234 e. The number of hydrazone groups is 1. The van der Waals surface area contributed by atoms with E-state index in [4.69, 9.17) is 0 Å². The predicted molar refractivity (Wildman–Crippen MR) is 125 cm³/mol. The molecule has 1 fully saturated rings. The molecule has 3 N–H and O–H groups in total. The Kier molecular flexibility index (Phi) is 5.33. The molecule has 1 amide bonds. The molecule has 0 saturated carbocycles. The Labute approximate surface area is 186 Å². The molecule has 3 aliphatic heterocycles. The van der Waals surface area contributed by atoms with Crippen molar-refractivity contribution in [2.24, 2.45) is 5.10 Å². The van der Waals surface area contributed by atoms with E-state index >= 15 is 0 Å². The minimum atomic E-state index is -0.0251. The molecule has 8 heteroatoms. The van der Waals surface area contributed by atoms with Crippen LogP contribution in [0.15, 0.2) is 66.0 Å². The van der Waals surface area contributed by atoms with E-state index in [2.05, 4.69) is 61.6 Å². The second-order valence-corrected chi connectivity index (χ2v) is 9.02. The van der Waals surface area contributed by atoms with E-state index in [0.29, 0.717) is 5.75 Å². The second kappa shape index (κ2) is 8.28. The minimum absolute atomic E-state index is 0.0251. The summed E-state index contributed by atoms with van der Waals surface area (Å²) in [6.07, 6.45) is 5.11. The monoisotopic (exact) mass is 434 g/mol. The topological polar surface area (TPSA) is 72.0 Å². The number of carbonyl (C=O) groups is 1. The summed E-state index contributed by atoms with van der Waals surface area (Å²) in [5.41, 5.74) is 11.2. The molecule has 0 bridgehead atoms. The summed E-state index contributed by atoms with van der Waals surface area (Å²) >= 11 is 1.45. The van der Waals surface area contributed by atoms with Gasteiger partial charge in [0.05, 0.1) is 17.8 Å². The predicted octanol–water partition coefficient (Wildman–Crippen LogP) is 3.28. The minimum Gasteiger partial charge on any atom is -0.325 e. The zero-order chi connectivity index (χ0) is 21.4. The van der Waals surface area contributed by atoms with Crippen LogP contribution in [0.3, 0.4) is 0 Å². The quantitative estimate of drug-likeness (QED) is 0.686. The SMILES string of the molecule is Cc1cccc(C)c1NC(=O)CSC1=NNC2C3CC(c4ccccc4)NN3C=CN12. The molecule has 0 aromatic heterocycles. The van der Waals surface area contributed by atoms with Gasteiger partial charge in [0, 0.05) is 18.1 Å². The maximum absolute atomic E-state index is 12.6. The lowest BCUT2D eigenvalue weighted by molar-refractivity contribution is -0.113. The van der Waals surface area contributed by atoms with E-state index in [1.165, 1.54) is 17.3 Å². The van der Waals surface area contributed by atoms with Crippen molar-refractivity contribution >= 4 is 28.5 Å². The molecule has 0 radical (unpaired) electrons. The van der Waals surface area contributed by atoms with Gasteiger partial charge < -0.3 is 15.2 Å². The van der Waals surface area contributed by atoms with Gasteiger partial charge >= 0.3 is 0 Å². The largest absolute Gasteiger partial charge is 0.325 e. The number of fused-ring (bicyclic) bond motifs is 3. The van der Waals surface area contributed by atoms with Gasteiger partial charge in [-0.1, -0.05) is 60.3 Å². The number of rotatable bonds is 4. The number of para-hydroxylation sites is 1. The Morgan fingerprint density at radius 2 is 1.90 bits per heavy atom. The molecular weight excluding hydrogens is 408 g/mol. The molecule has 7 nitrogen and oxygen atoms in total. The van der Waals surface area contributed by atoms with Crippen LogP contribution in [0.25, 0.3) is 0 Å². The molecular formula is C23H26N6OS. The van der Waals surface area contributed by atoms with E-state index in [9.17, 15) is 4.79 Å². The first kappa shape index (κ1) is 20.0. The number of benzene rings is 2. The summed E-state index contributed by atoms with van der Waals surface area (Å²) in [7, 11) is 0. The van der Waals surface area contributed by atoms with Gasteiger partial charge in [-0.25, -0.2) is 5.43 Å². The number of anilines is 1. The van der Waals surface area contributed by atoms with Crippen molar-refractivity contribution in [1.29, 1.82) is 0 Å². The summed E-state index contributed by atoms with van der Waals surface area (Å²) in [6.45, 7) is 4.02. The average Bonchev–Trinajstić information content (AvgIpc) is 3.39. The fraction of sp³-hybridized carbons (Fsp3) is 0.304. The first-order valence-electron chi connectivity index (χ1n) is 10.5. The van der Waals surface area contributed by atoms with Crippen LogP contribution < -0.4 is 16.2 Å². The molecule has 3 unspecified atom stereocenters. The van der Waals surface area contributed by atoms with Crippen molar-refractivity contribution in [3.05, 3.63) is 77.6 Å². The number of nitrogens with zero attached hydrogens (tertiary/aromatic N) is 3. The molecule has 3 aliphatic rings. The normalized spacial score (nSPS) is 23.8. The lowest BCUT2D eigenvalue weighted by atomic mass is 10.00. The molecule has 160 valence electrons. The van der Waals surface area contributed by atoms with Gasteiger partial charge in [-0.15, -0.1) is 0 Å². The van der Waals surface area contributed by atoms with E-state index in [0.717, 1.165) is 28.4 Å². The zero-order valence-corrected chi connectivity index (χ0v) is 18.4. The summed E-state index contributed by atoms with van der Waals surface area (Å²) < 4.78 is 0. The van der Waals surface area contributed by atoms with Crippen LogP contribution in [0.5, 0.6) is 0 Å². The van der Waals surface area contributed by atoms with E-state index in [1.54, 1.807) is 0 Å². The molecule has 3 heterocycles. The van der Waals surface area contributed by atoms with Gasteiger partial charge in [0.25, 0.3) is 0 Å². The molecule has 3 atom stereocenters. The fourth-order valence-electron chi connectivity index (χ4n) is 4.37. The number of carbonyl (C=O) groups excluding carboxylic acids is 1. The van der Waals surface area contributed by atoms with Gasteiger partial charge in [0.1, 0.15) is 6.17 Å². The van der Waals surface area contributed by atoms with Gasteiger partial charge in [-0.2, -0.15) is 5.10 Å². The summed E-state index contributed by atoms with van der Waals surface area (Å²) in [6, 6.07) is 17.1. The molecule has 1 saturated heterocycles. The molecule has 0 aliphatic carbocycles. The highest BCUT2D eigenvalue weighted by molar-refractivity contribution is 8.14. The Hall–Kier alpha value is -2.97. The van der Waals surface area contributed by atoms with E-state index in [-0.39, 0.29) is 24.2 Å². The van der Waals surface area contributed by atoms with Crippen molar-refractivity contribution in [2.45, 2.75) is 38.5 Å². The molecule has 2 aromatic carbocycles. The number of nitrogens with one attached hydrogen (secondary N) is 3. The number of thioether (sulfide) groups is 1. The number of amidine groups is 1. The number of hydrazine groups is 1. The Balaban J connectivity index is 1.20.